The molecule has 0 saturated carbocycles. The molecule has 1 atom stereocenters. The van der Waals surface area contributed by atoms with Crippen molar-refractivity contribution in [3.05, 3.63) is 44.3 Å². The van der Waals surface area contributed by atoms with Crippen LogP contribution in [0.15, 0.2) is 49.0 Å². The molecule has 13 nitrogen and oxygen atoms in total. The highest BCUT2D eigenvalue weighted by molar-refractivity contribution is 9.11. The van der Waals surface area contributed by atoms with Gasteiger partial charge >= 0.3 is 12.1 Å². The lowest BCUT2D eigenvalue weighted by Gasteiger charge is -2.34. The number of aliphatic carboxylic acids is 1. The number of amides is 1. The van der Waals surface area contributed by atoms with Crippen LogP contribution in [-0.4, -0.2) is 88.7 Å². The average Bonchev–Trinajstić information content (AvgIpc) is 3.43. The zero-order valence-electron chi connectivity index (χ0n) is 27.4. The fourth-order valence-corrected chi connectivity index (χ4v) is 12.0. The van der Waals surface area contributed by atoms with E-state index in [1.165, 1.54) is 18.3 Å². The molecule has 19 heteroatoms. The van der Waals surface area contributed by atoms with Crippen LogP contribution in [0.2, 0.25) is 4.34 Å². The van der Waals surface area contributed by atoms with Crippen LogP contribution in [-0.2, 0) is 29.6 Å². The summed E-state index contributed by atoms with van der Waals surface area (Å²) in [5, 5.41) is 12.1. The number of hydrogen-bond acceptors (Lipinski definition) is 10. The second kappa shape index (κ2) is 18.8. The Hall–Kier alpha value is -1.80. The van der Waals surface area contributed by atoms with Crippen LogP contribution in [0.1, 0.15) is 57.8 Å². The van der Waals surface area contributed by atoms with Crippen LogP contribution in [0, 0.1) is 11.8 Å². The Morgan fingerprint density at radius 3 is 2.26 bits per heavy atom. The molecule has 278 valence electrons. The molecule has 0 aromatic carbocycles. The lowest BCUT2D eigenvalue weighted by atomic mass is 9.87. The van der Waals surface area contributed by atoms with Crippen molar-refractivity contribution < 1.29 is 36.3 Å². The van der Waals surface area contributed by atoms with E-state index in [1.54, 1.807) is 10.4 Å². The molecule has 0 bridgehead atoms. The van der Waals surface area contributed by atoms with Gasteiger partial charge in [-0.2, -0.15) is 9.03 Å². The number of halogens is 3. The van der Waals surface area contributed by atoms with Crippen molar-refractivity contribution in [3.63, 3.8) is 0 Å². The fraction of sp³-hybridized carbons (Fsp3) is 0.581. The molecular weight excluding hydrogens is 862 g/mol. The first kappa shape index (κ1) is 41.0. The maximum Gasteiger partial charge on any atom is 0.407 e. The molecule has 3 N–H and O–H groups in total. The normalized spacial score (nSPS) is 17.4. The van der Waals surface area contributed by atoms with Crippen molar-refractivity contribution in [1.82, 2.24) is 19.3 Å². The molecule has 2 aromatic heterocycles. The topological polar surface area (TPSA) is 175 Å². The number of carboxylic acids is 1. The summed E-state index contributed by atoms with van der Waals surface area (Å²) < 4.78 is 62.5. The Morgan fingerprint density at radius 1 is 1.06 bits per heavy atom. The molecule has 4 rings (SSSR count). The first-order valence-electron chi connectivity index (χ1n) is 16.3. The molecule has 0 aliphatic carbocycles. The molecule has 1 amide bonds. The van der Waals surface area contributed by atoms with Crippen molar-refractivity contribution in [1.29, 1.82) is 0 Å². The summed E-state index contributed by atoms with van der Waals surface area (Å²) in [4.78, 5) is 29.7. The summed E-state index contributed by atoms with van der Waals surface area (Å²) in [7, 11) is -7.72. The van der Waals surface area contributed by atoms with Gasteiger partial charge in [-0.25, -0.2) is 26.6 Å². The number of sulfonamides is 2. The van der Waals surface area contributed by atoms with Crippen LogP contribution in [0.25, 0.3) is 0 Å². The number of piperidine rings is 2. The molecule has 2 aliphatic heterocycles. The number of rotatable bonds is 17. The van der Waals surface area contributed by atoms with E-state index in [1.807, 2.05) is 0 Å². The number of carbonyl (C=O) groups excluding carboxylic acids is 1. The summed E-state index contributed by atoms with van der Waals surface area (Å²) in [6.45, 7) is 6.18. The second-order valence-electron chi connectivity index (χ2n) is 12.3. The van der Waals surface area contributed by atoms with E-state index in [0.29, 0.717) is 44.0 Å². The maximum absolute atomic E-state index is 13.1. The van der Waals surface area contributed by atoms with Crippen molar-refractivity contribution >= 4 is 92.7 Å². The molecule has 50 heavy (non-hydrogen) atoms. The molecule has 2 aliphatic rings. The number of aromatic nitrogens is 1. The third kappa shape index (κ3) is 11.3. The highest BCUT2D eigenvalue weighted by atomic mass is 79.9. The van der Waals surface area contributed by atoms with Crippen molar-refractivity contribution in [2.75, 3.05) is 44.2 Å². The average molecular weight is 904 g/mol. The largest absolute Gasteiger partial charge is 0.480 e. The molecule has 0 spiro atoms. The SMILES string of the molecule is C=CCOC(=O)NCCCC(NS(=O)(=O)c1cnc(N2CCC(CCCC3CCN(S(=O)(=O)c4cc(Br)c(Cl)s4)CC3)CC2)c(Br)c1)C(=O)O. The number of carbonyl (C=O) groups is 2. The molecule has 2 aromatic rings. The van der Waals surface area contributed by atoms with Crippen LogP contribution >= 0.6 is 54.8 Å². The van der Waals surface area contributed by atoms with Gasteiger partial charge in [0.05, 0.1) is 4.47 Å². The number of anilines is 1. The van der Waals surface area contributed by atoms with E-state index < -0.39 is 38.2 Å². The predicted octanol–water partition coefficient (Wildman–Crippen LogP) is 6.23. The molecule has 1 unspecified atom stereocenters. The Bertz CT molecular complexity index is 1690. The van der Waals surface area contributed by atoms with Crippen molar-refractivity contribution in [3.8, 4) is 0 Å². The minimum atomic E-state index is -4.20. The monoisotopic (exact) mass is 901 g/mol. The quantitative estimate of drug-likeness (QED) is 0.122. The summed E-state index contributed by atoms with van der Waals surface area (Å²) >= 11 is 13.9. The van der Waals surface area contributed by atoms with Crippen molar-refractivity contribution in [2.45, 2.75) is 72.9 Å². The lowest BCUT2D eigenvalue weighted by Crippen LogP contribution is -2.41. The van der Waals surface area contributed by atoms with Crippen LogP contribution in [0.3, 0.4) is 0 Å². The van der Waals surface area contributed by atoms with Gasteiger partial charge in [0.15, 0.2) is 0 Å². The van der Waals surface area contributed by atoms with E-state index in [9.17, 15) is 31.5 Å². The number of nitrogens with zero attached hydrogens (tertiary/aromatic N) is 3. The molecular formula is C31H42Br2ClN5O8S3. The van der Waals surface area contributed by atoms with E-state index in [2.05, 4.69) is 58.4 Å². The van der Waals surface area contributed by atoms with E-state index in [4.69, 9.17) is 16.3 Å². The Morgan fingerprint density at radius 2 is 1.70 bits per heavy atom. The number of thiophene rings is 1. The summed E-state index contributed by atoms with van der Waals surface area (Å²) in [6.07, 6.45) is 9.05. The lowest BCUT2D eigenvalue weighted by molar-refractivity contribution is -0.139. The number of hydrogen-bond donors (Lipinski definition) is 3. The van der Waals surface area contributed by atoms with Crippen molar-refractivity contribution in [2.24, 2.45) is 11.8 Å². The van der Waals surface area contributed by atoms with Gasteiger partial charge < -0.3 is 20.1 Å². The highest BCUT2D eigenvalue weighted by Gasteiger charge is 2.32. The van der Waals surface area contributed by atoms with Gasteiger partial charge in [0.25, 0.3) is 10.0 Å². The third-order valence-corrected chi connectivity index (χ3v) is 15.7. The van der Waals surface area contributed by atoms with E-state index >= 15 is 0 Å². The minimum absolute atomic E-state index is 0.0389. The summed E-state index contributed by atoms with van der Waals surface area (Å²) in [5.41, 5.74) is 0. The number of pyridine rings is 1. The maximum atomic E-state index is 13.1. The zero-order chi connectivity index (χ0) is 36.5. The number of alkyl carbamates (subject to hydrolysis) is 1. The first-order valence-corrected chi connectivity index (χ1v) is 22.0. The van der Waals surface area contributed by atoms with Gasteiger partial charge in [-0.05, 0) is 94.4 Å². The zero-order valence-corrected chi connectivity index (χ0v) is 33.7. The van der Waals surface area contributed by atoms with Gasteiger partial charge in [0, 0.05) is 43.4 Å². The summed E-state index contributed by atoms with van der Waals surface area (Å²) in [5.74, 6) is 0.369. The molecule has 2 fully saturated rings. The number of ether oxygens (including phenoxy) is 1. The number of carboxylic acid groups (broad SMARTS) is 1. The van der Waals surface area contributed by atoms with Gasteiger partial charge in [-0.3, -0.25) is 4.79 Å². The predicted molar refractivity (Wildman–Crippen MR) is 200 cm³/mol. The van der Waals surface area contributed by atoms with Crippen LogP contribution in [0.5, 0.6) is 0 Å². The fourth-order valence-electron chi connectivity index (χ4n) is 6.11. The van der Waals surface area contributed by atoms with Gasteiger partial charge in [0.2, 0.25) is 10.0 Å². The molecule has 4 heterocycles. The Labute approximate surface area is 319 Å². The second-order valence-corrected chi connectivity index (χ2v) is 19.6. The Kier molecular flexibility index (Phi) is 15.4. The first-order chi connectivity index (χ1) is 23.7. The van der Waals surface area contributed by atoms with E-state index in [0.717, 1.165) is 69.4 Å². The van der Waals surface area contributed by atoms with Gasteiger partial charge in [0.1, 0.15) is 31.9 Å². The molecule has 0 radical (unpaired) electrons. The number of nitrogens with one attached hydrogen (secondary N) is 2. The van der Waals surface area contributed by atoms with Crippen LogP contribution in [0.4, 0.5) is 10.6 Å². The molecule has 2 saturated heterocycles. The third-order valence-electron chi connectivity index (χ3n) is 8.90. The van der Waals surface area contributed by atoms with Gasteiger partial charge in [-0.1, -0.05) is 43.5 Å². The standard InChI is InChI=1S/C31H42Br2ClN5O8S3/c1-2-17-47-31(42)35-12-4-7-26(30(40)41)37-49(43,44)23-18-25(33)29(36-20-23)38-13-8-21(9-14-38)5-3-6-22-10-15-39(16-11-22)50(45,46)27-19-24(32)28(34)48-27/h2,18-22,26,37H,1,3-17H2,(H,35,42)(H,40,41). The highest BCUT2D eigenvalue weighted by Crippen LogP contribution is 2.37. The van der Waals surface area contributed by atoms with Crippen LogP contribution < -0.4 is 14.9 Å². The Balaban J connectivity index is 1.19. The smallest absolute Gasteiger partial charge is 0.407 e. The summed E-state index contributed by atoms with van der Waals surface area (Å²) in [6, 6.07) is 1.61. The minimum Gasteiger partial charge on any atom is -0.480 e. The van der Waals surface area contributed by atoms with Gasteiger partial charge in [-0.15, -0.1) is 11.3 Å². The van der Waals surface area contributed by atoms with E-state index in [-0.39, 0.29) is 35.1 Å².